The van der Waals surface area contributed by atoms with Crippen LogP contribution in [0.1, 0.15) is 13.8 Å². The van der Waals surface area contributed by atoms with E-state index in [4.69, 9.17) is 10.8 Å². The van der Waals surface area contributed by atoms with E-state index in [0.29, 0.717) is 5.70 Å². The van der Waals surface area contributed by atoms with Crippen LogP contribution in [0, 0.1) is 0 Å². The third kappa shape index (κ3) is 3.61. The van der Waals surface area contributed by atoms with Crippen molar-refractivity contribution in [3.8, 4) is 0 Å². The van der Waals surface area contributed by atoms with Crippen LogP contribution in [0.3, 0.4) is 0 Å². The number of carboxylic acids is 1. The summed E-state index contributed by atoms with van der Waals surface area (Å²) in [5.74, 6) is -1.02. The number of hydrogen-bond donors (Lipinski definition) is 2. The van der Waals surface area contributed by atoms with Gasteiger partial charge in [-0.25, -0.2) is 4.79 Å². The first-order chi connectivity index (χ1) is 5.45. The molecule has 0 aromatic heterocycles. The van der Waals surface area contributed by atoms with Crippen molar-refractivity contribution >= 4 is 5.97 Å². The predicted molar refractivity (Wildman–Crippen MR) is 48.5 cm³/mol. The van der Waals surface area contributed by atoms with Crippen molar-refractivity contribution in [3.63, 3.8) is 0 Å². The Labute approximate surface area is 71.9 Å². The van der Waals surface area contributed by atoms with E-state index in [1.54, 1.807) is 19.9 Å². The molecule has 0 unspecified atom stereocenters. The van der Waals surface area contributed by atoms with E-state index in [9.17, 15) is 4.79 Å². The molecule has 0 saturated carbocycles. The summed E-state index contributed by atoms with van der Waals surface area (Å²) in [6, 6.07) is 0. The van der Waals surface area contributed by atoms with Crippen molar-refractivity contribution < 1.29 is 9.90 Å². The number of aliphatic carboxylic acids is 1. The smallest absolute Gasteiger partial charge is 0.337 e. The van der Waals surface area contributed by atoms with Gasteiger partial charge in [0, 0.05) is 5.70 Å². The highest BCUT2D eigenvalue weighted by atomic mass is 16.4. The van der Waals surface area contributed by atoms with E-state index in [0.717, 1.165) is 5.57 Å². The van der Waals surface area contributed by atoms with Gasteiger partial charge in [0.1, 0.15) is 0 Å². The molecule has 0 aromatic rings. The van der Waals surface area contributed by atoms with Crippen molar-refractivity contribution in [2.45, 2.75) is 13.8 Å². The van der Waals surface area contributed by atoms with Crippen LogP contribution in [0.15, 0.2) is 35.6 Å². The van der Waals surface area contributed by atoms with Gasteiger partial charge in [-0.2, -0.15) is 0 Å². The molecule has 0 amide bonds. The second-order valence-electron chi connectivity index (χ2n) is 2.58. The summed E-state index contributed by atoms with van der Waals surface area (Å²) in [5.41, 5.74) is 6.53. The lowest BCUT2D eigenvalue weighted by atomic mass is 10.2. The summed E-state index contributed by atoms with van der Waals surface area (Å²) in [4.78, 5) is 10.5. The zero-order valence-electron chi connectivity index (χ0n) is 7.29. The zero-order chi connectivity index (χ0) is 9.72. The molecule has 0 radical (unpaired) electrons. The lowest BCUT2D eigenvalue weighted by Gasteiger charge is -1.97. The highest BCUT2D eigenvalue weighted by Crippen LogP contribution is 2.03. The van der Waals surface area contributed by atoms with Crippen LogP contribution in [-0.4, -0.2) is 11.1 Å². The standard InChI is InChI=1S/C9H13NO2/c1-6(2)4-5-8(7(3)10)9(11)12/h4-5H,1,10H2,2-3H3,(H,11,12)/b5-4-,8-7-. The summed E-state index contributed by atoms with van der Waals surface area (Å²) in [6.45, 7) is 6.93. The van der Waals surface area contributed by atoms with Gasteiger partial charge in [-0.15, -0.1) is 0 Å². The second kappa shape index (κ2) is 4.38. The highest BCUT2D eigenvalue weighted by Gasteiger charge is 2.04. The summed E-state index contributed by atoms with van der Waals surface area (Å²) in [7, 11) is 0. The number of nitrogens with two attached hydrogens (primary N) is 1. The van der Waals surface area contributed by atoms with Gasteiger partial charge in [0.05, 0.1) is 5.57 Å². The van der Waals surface area contributed by atoms with E-state index < -0.39 is 5.97 Å². The van der Waals surface area contributed by atoms with E-state index in [2.05, 4.69) is 6.58 Å². The second-order valence-corrected chi connectivity index (χ2v) is 2.58. The summed E-state index contributed by atoms with van der Waals surface area (Å²) < 4.78 is 0. The Balaban J connectivity index is 4.70. The first-order valence-electron chi connectivity index (χ1n) is 3.48. The van der Waals surface area contributed by atoms with Crippen molar-refractivity contribution in [2.24, 2.45) is 5.73 Å². The number of carboxylic acid groups (broad SMARTS) is 1. The van der Waals surface area contributed by atoms with Crippen molar-refractivity contribution in [1.82, 2.24) is 0 Å². The molecule has 0 heterocycles. The number of rotatable bonds is 3. The minimum absolute atomic E-state index is 0.109. The fraction of sp³-hybridized carbons (Fsp3) is 0.222. The third-order valence-corrected chi connectivity index (χ3v) is 1.19. The SMILES string of the molecule is C=C(C)/C=C\C(C(=O)O)=C(/C)N. The van der Waals surface area contributed by atoms with Crippen LogP contribution >= 0.6 is 0 Å². The van der Waals surface area contributed by atoms with E-state index in [-0.39, 0.29) is 5.57 Å². The average molecular weight is 167 g/mol. The van der Waals surface area contributed by atoms with Crippen LogP contribution in [0.4, 0.5) is 0 Å². The Kier molecular flexibility index (Phi) is 3.83. The molecular weight excluding hydrogens is 154 g/mol. The maximum absolute atomic E-state index is 10.5. The normalized spacial score (nSPS) is 12.8. The highest BCUT2D eigenvalue weighted by molar-refractivity contribution is 5.90. The third-order valence-electron chi connectivity index (χ3n) is 1.19. The average Bonchev–Trinajstić information content (AvgIpc) is 1.84. The molecule has 3 nitrogen and oxygen atoms in total. The topological polar surface area (TPSA) is 63.3 Å². The fourth-order valence-electron chi connectivity index (χ4n) is 0.597. The van der Waals surface area contributed by atoms with E-state index >= 15 is 0 Å². The first-order valence-corrected chi connectivity index (χ1v) is 3.48. The van der Waals surface area contributed by atoms with Crippen LogP contribution in [0.5, 0.6) is 0 Å². The molecule has 3 heteroatoms. The maximum atomic E-state index is 10.5. The zero-order valence-corrected chi connectivity index (χ0v) is 7.29. The first kappa shape index (κ1) is 10.5. The summed E-state index contributed by atoms with van der Waals surface area (Å²) >= 11 is 0. The molecular formula is C9H13NO2. The van der Waals surface area contributed by atoms with Crippen molar-refractivity contribution in [2.75, 3.05) is 0 Å². The van der Waals surface area contributed by atoms with Crippen LogP contribution < -0.4 is 5.73 Å². The Bertz CT molecular complexity index is 258. The minimum Gasteiger partial charge on any atom is -0.478 e. The van der Waals surface area contributed by atoms with Crippen molar-refractivity contribution in [3.05, 3.63) is 35.6 Å². The Hall–Kier alpha value is -1.51. The largest absolute Gasteiger partial charge is 0.478 e. The molecule has 0 aromatic carbocycles. The molecule has 0 aliphatic rings. The van der Waals surface area contributed by atoms with Gasteiger partial charge in [0.15, 0.2) is 0 Å². The molecule has 0 bridgehead atoms. The predicted octanol–water partition coefficient (Wildman–Crippen LogP) is 1.44. The minimum atomic E-state index is -1.02. The summed E-state index contributed by atoms with van der Waals surface area (Å²) in [6.07, 6.45) is 3.06. The Morgan fingerprint density at radius 3 is 2.17 bits per heavy atom. The number of hydrogen-bond acceptors (Lipinski definition) is 2. The molecule has 12 heavy (non-hydrogen) atoms. The molecule has 0 atom stereocenters. The van der Waals surface area contributed by atoms with E-state index in [1.807, 2.05) is 0 Å². The molecule has 66 valence electrons. The maximum Gasteiger partial charge on any atom is 0.337 e. The Morgan fingerprint density at radius 1 is 1.42 bits per heavy atom. The van der Waals surface area contributed by atoms with Crippen LogP contribution in [-0.2, 0) is 4.79 Å². The molecule has 0 saturated heterocycles. The quantitative estimate of drug-likeness (QED) is 0.493. The van der Waals surface area contributed by atoms with Crippen LogP contribution in [0.25, 0.3) is 0 Å². The van der Waals surface area contributed by atoms with Gasteiger partial charge >= 0.3 is 5.97 Å². The molecule has 0 rings (SSSR count). The van der Waals surface area contributed by atoms with Gasteiger partial charge in [-0.1, -0.05) is 18.2 Å². The molecule has 3 N–H and O–H groups in total. The number of allylic oxidation sites excluding steroid dienone is 3. The monoisotopic (exact) mass is 167 g/mol. The molecule has 0 spiro atoms. The van der Waals surface area contributed by atoms with Crippen LogP contribution in [0.2, 0.25) is 0 Å². The lowest BCUT2D eigenvalue weighted by molar-refractivity contribution is -0.132. The Morgan fingerprint density at radius 2 is 1.92 bits per heavy atom. The van der Waals surface area contributed by atoms with Gasteiger partial charge in [0.25, 0.3) is 0 Å². The summed E-state index contributed by atoms with van der Waals surface area (Å²) in [5, 5.41) is 8.64. The fourth-order valence-corrected chi connectivity index (χ4v) is 0.597. The van der Waals surface area contributed by atoms with Gasteiger partial charge in [-0.3, -0.25) is 0 Å². The van der Waals surface area contributed by atoms with Crippen molar-refractivity contribution in [1.29, 1.82) is 0 Å². The van der Waals surface area contributed by atoms with E-state index in [1.165, 1.54) is 6.08 Å². The lowest BCUT2D eigenvalue weighted by Crippen LogP contribution is -2.06. The van der Waals surface area contributed by atoms with Gasteiger partial charge < -0.3 is 10.8 Å². The molecule has 0 aliphatic carbocycles. The van der Waals surface area contributed by atoms with Gasteiger partial charge in [-0.05, 0) is 19.9 Å². The molecule has 0 fully saturated rings. The van der Waals surface area contributed by atoms with Gasteiger partial charge in [0.2, 0.25) is 0 Å². The number of carbonyl (C=O) groups is 1. The molecule has 0 aliphatic heterocycles.